The van der Waals surface area contributed by atoms with E-state index in [-0.39, 0.29) is 5.78 Å². The fourth-order valence-electron chi connectivity index (χ4n) is 1.40. The molecule has 0 fully saturated rings. The predicted octanol–water partition coefficient (Wildman–Crippen LogP) is 5.46. The molecule has 0 rings (SSSR count). The van der Waals surface area contributed by atoms with Gasteiger partial charge in [0, 0.05) is 32.2 Å². The van der Waals surface area contributed by atoms with Gasteiger partial charge in [0.2, 0.25) is 0 Å². The summed E-state index contributed by atoms with van der Waals surface area (Å²) in [7, 11) is 0. The molecule has 0 spiro atoms. The Morgan fingerprint density at radius 2 is 1.86 bits per heavy atom. The van der Waals surface area contributed by atoms with Crippen LogP contribution in [0.5, 0.6) is 0 Å². The summed E-state index contributed by atoms with van der Waals surface area (Å²) in [5, 5.41) is 0.881. The lowest BCUT2D eigenvalue weighted by molar-refractivity contribution is -0.113. The average molecular weight is 391 g/mol. The van der Waals surface area contributed by atoms with Crippen molar-refractivity contribution in [2.24, 2.45) is 5.73 Å². The third-order valence-electron chi connectivity index (χ3n) is 2.47. The van der Waals surface area contributed by atoms with Crippen LogP contribution < -0.4 is 5.73 Å². The van der Waals surface area contributed by atoms with Gasteiger partial charge in [-0.05, 0) is 37.6 Å². The van der Waals surface area contributed by atoms with Gasteiger partial charge in [-0.3, -0.25) is 4.79 Å². The Kier molecular flexibility index (Phi) is 9.34. The number of rotatable bonds is 7. The highest BCUT2D eigenvalue weighted by Crippen LogP contribution is 2.25. The van der Waals surface area contributed by atoms with Crippen LogP contribution in [-0.2, 0) is 4.79 Å². The van der Waals surface area contributed by atoms with Crippen LogP contribution in [0.1, 0.15) is 20.3 Å². The molecule has 5 heteroatoms. The minimum absolute atomic E-state index is 0.154. The van der Waals surface area contributed by atoms with E-state index in [4.69, 9.17) is 28.9 Å². The minimum Gasteiger partial charge on any atom is -0.401 e. The van der Waals surface area contributed by atoms with Crippen LogP contribution in [-0.4, -0.2) is 5.78 Å². The second kappa shape index (κ2) is 9.82. The van der Waals surface area contributed by atoms with Crippen molar-refractivity contribution in [3.8, 4) is 0 Å². The standard InChI is InChI=1S/C16H18BrCl2NO/c1-5-14(19)8-13(11(3)17)9-16(20)15(12(4)21)7-6-10(2)18/h5-8H,2-3,9,20H2,1,4H3/b7-6-,13-8-,14-5+,16-15?. The summed E-state index contributed by atoms with van der Waals surface area (Å²) in [6.45, 7) is 10.6. The molecule has 0 aliphatic heterocycles. The number of allylic oxidation sites excluding steroid dienone is 9. The van der Waals surface area contributed by atoms with Gasteiger partial charge in [0.15, 0.2) is 5.78 Å². The first-order valence-corrected chi connectivity index (χ1v) is 7.63. The molecule has 0 aromatic heterocycles. The summed E-state index contributed by atoms with van der Waals surface area (Å²) >= 11 is 15.0. The molecule has 0 aliphatic rings. The Bertz CT molecular complexity index is 569. The first kappa shape index (κ1) is 20.0. The van der Waals surface area contributed by atoms with Gasteiger partial charge in [0.05, 0.1) is 0 Å². The second-order valence-corrected chi connectivity index (χ2v) is 6.08. The van der Waals surface area contributed by atoms with Gasteiger partial charge in [-0.2, -0.15) is 0 Å². The molecule has 0 aromatic carbocycles. The van der Waals surface area contributed by atoms with Crippen molar-refractivity contribution in [2.75, 3.05) is 0 Å². The van der Waals surface area contributed by atoms with Gasteiger partial charge in [-0.1, -0.05) is 58.4 Å². The third kappa shape index (κ3) is 8.10. The number of ketones is 1. The molecule has 114 valence electrons. The van der Waals surface area contributed by atoms with E-state index in [1.165, 1.54) is 13.0 Å². The summed E-state index contributed by atoms with van der Waals surface area (Å²) in [6.07, 6.45) is 6.91. The smallest absolute Gasteiger partial charge is 0.161 e. The van der Waals surface area contributed by atoms with Crippen LogP contribution in [0.3, 0.4) is 0 Å². The Labute approximate surface area is 144 Å². The van der Waals surface area contributed by atoms with E-state index in [2.05, 4.69) is 29.1 Å². The van der Waals surface area contributed by atoms with Gasteiger partial charge in [-0.25, -0.2) is 0 Å². The molecule has 0 saturated heterocycles. The zero-order chi connectivity index (χ0) is 16.6. The number of carbonyl (C=O) groups excluding carboxylic acids is 1. The molecule has 0 radical (unpaired) electrons. The SMILES string of the molecule is C=C(Cl)/C=C\C(C(C)=O)=C(N)C/C(=C/C(Cl)=C\C)C(=C)Br. The maximum Gasteiger partial charge on any atom is 0.161 e. The fourth-order valence-corrected chi connectivity index (χ4v) is 1.85. The Morgan fingerprint density at radius 1 is 1.29 bits per heavy atom. The molecule has 2 N–H and O–H groups in total. The van der Waals surface area contributed by atoms with Gasteiger partial charge in [0.1, 0.15) is 0 Å². The third-order valence-corrected chi connectivity index (χ3v) is 3.44. The second-order valence-electron chi connectivity index (χ2n) is 4.20. The van der Waals surface area contributed by atoms with E-state index in [0.717, 1.165) is 5.57 Å². The average Bonchev–Trinajstić information content (AvgIpc) is 2.36. The lowest BCUT2D eigenvalue weighted by Gasteiger charge is -2.09. The summed E-state index contributed by atoms with van der Waals surface area (Å²) in [5.74, 6) is -0.154. The van der Waals surface area contributed by atoms with Crippen molar-refractivity contribution in [3.05, 3.63) is 68.9 Å². The quantitative estimate of drug-likeness (QED) is 0.462. The summed E-state index contributed by atoms with van der Waals surface area (Å²) in [6, 6.07) is 0. The molecule has 0 atom stereocenters. The Hall–Kier alpha value is -1.03. The number of hydrogen-bond donors (Lipinski definition) is 1. The maximum atomic E-state index is 11.7. The minimum atomic E-state index is -0.154. The van der Waals surface area contributed by atoms with E-state index < -0.39 is 0 Å². The highest BCUT2D eigenvalue weighted by molar-refractivity contribution is 9.11. The predicted molar refractivity (Wildman–Crippen MR) is 96.4 cm³/mol. The van der Waals surface area contributed by atoms with Crippen molar-refractivity contribution < 1.29 is 4.79 Å². The number of nitrogens with two attached hydrogens (primary N) is 1. The lowest BCUT2D eigenvalue weighted by Crippen LogP contribution is -2.08. The van der Waals surface area contributed by atoms with Gasteiger partial charge >= 0.3 is 0 Å². The molecule has 0 bridgehead atoms. The van der Waals surface area contributed by atoms with Gasteiger partial charge < -0.3 is 5.73 Å². The van der Waals surface area contributed by atoms with Crippen LogP contribution in [0.15, 0.2) is 68.9 Å². The number of Topliss-reactive ketones (excluding diaryl/α,β-unsaturated/α-hetero) is 1. The van der Waals surface area contributed by atoms with Crippen LogP contribution >= 0.6 is 39.1 Å². The van der Waals surface area contributed by atoms with Crippen LogP contribution in [0.25, 0.3) is 0 Å². The zero-order valence-corrected chi connectivity index (χ0v) is 15.1. The Balaban J connectivity index is 5.61. The molecule has 0 unspecified atom stereocenters. The number of halogens is 3. The maximum absolute atomic E-state index is 11.7. The van der Waals surface area contributed by atoms with Crippen molar-refractivity contribution in [3.63, 3.8) is 0 Å². The molecular formula is C16H18BrCl2NO. The van der Waals surface area contributed by atoms with Crippen molar-refractivity contribution >= 4 is 44.9 Å². The molecule has 0 saturated carbocycles. The molecule has 0 aliphatic carbocycles. The van der Waals surface area contributed by atoms with E-state index >= 15 is 0 Å². The summed E-state index contributed by atoms with van der Waals surface area (Å²) in [4.78, 5) is 11.7. The number of carbonyl (C=O) groups is 1. The largest absolute Gasteiger partial charge is 0.401 e. The molecule has 0 heterocycles. The topological polar surface area (TPSA) is 43.1 Å². The fraction of sp³-hybridized carbons (Fsp3) is 0.188. The van der Waals surface area contributed by atoms with Crippen molar-refractivity contribution in [2.45, 2.75) is 20.3 Å². The molecule has 21 heavy (non-hydrogen) atoms. The summed E-state index contributed by atoms with van der Waals surface area (Å²) in [5.41, 5.74) is 7.60. The zero-order valence-electron chi connectivity index (χ0n) is 12.1. The number of hydrogen-bond acceptors (Lipinski definition) is 2. The molecule has 0 aromatic rings. The van der Waals surface area contributed by atoms with Crippen molar-refractivity contribution in [1.29, 1.82) is 0 Å². The van der Waals surface area contributed by atoms with E-state index in [9.17, 15) is 4.79 Å². The highest BCUT2D eigenvalue weighted by atomic mass is 79.9. The van der Waals surface area contributed by atoms with E-state index in [0.29, 0.717) is 32.2 Å². The molecule has 0 amide bonds. The van der Waals surface area contributed by atoms with Crippen LogP contribution in [0, 0.1) is 0 Å². The van der Waals surface area contributed by atoms with Gasteiger partial charge in [-0.15, -0.1) is 0 Å². The highest BCUT2D eigenvalue weighted by Gasteiger charge is 2.10. The summed E-state index contributed by atoms with van der Waals surface area (Å²) < 4.78 is 0.652. The van der Waals surface area contributed by atoms with Crippen LogP contribution in [0.2, 0.25) is 0 Å². The van der Waals surface area contributed by atoms with E-state index in [1.807, 2.05) is 6.92 Å². The monoisotopic (exact) mass is 389 g/mol. The van der Waals surface area contributed by atoms with E-state index in [1.54, 1.807) is 18.2 Å². The lowest BCUT2D eigenvalue weighted by atomic mass is 10.0. The first-order chi connectivity index (χ1) is 9.68. The first-order valence-electron chi connectivity index (χ1n) is 6.08. The normalized spacial score (nSPS) is 14.1. The van der Waals surface area contributed by atoms with Crippen molar-refractivity contribution in [1.82, 2.24) is 0 Å². The molecule has 2 nitrogen and oxygen atoms in total. The molecular weight excluding hydrogens is 373 g/mol. The van der Waals surface area contributed by atoms with Gasteiger partial charge in [0.25, 0.3) is 0 Å². The Morgan fingerprint density at radius 3 is 2.24 bits per heavy atom. The van der Waals surface area contributed by atoms with Crippen LogP contribution in [0.4, 0.5) is 0 Å².